The van der Waals surface area contributed by atoms with Crippen LogP contribution in [0.1, 0.15) is 33.2 Å². The van der Waals surface area contributed by atoms with E-state index in [9.17, 15) is 19.2 Å². The maximum atomic E-state index is 12.7. The van der Waals surface area contributed by atoms with Crippen molar-refractivity contribution in [2.24, 2.45) is 0 Å². The number of carbonyl (C=O) groups excluding carboxylic acids is 4. The second-order valence-corrected chi connectivity index (χ2v) is 6.62. The number of carbonyl (C=O) groups is 4. The van der Waals surface area contributed by atoms with Gasteiger partial charge in [0.05, 0.1) is 11.3 Å². The number of hydrogen-bond donors (Lipinski definition) is 2. The second kappa shape index (κ2) is 9.98. The van der Waals surface area contributed by atoms with Crippen LogP contribution in [0, 0.1) is 0 Å². The van der Waals surface area contributed by atoms with Crippen molar-refractivity contribution in [3.05, 3.63) is 95.6 Å². The molecule has 0 heterocycles. The van der Waals surface area contributed by atoms with E-state index in [4.69, 9.17) is 4.74 Å². The van der Waals surface area contributed by atoms with Crippen molar-refractivity contribution in [2.45, 2.75) is 6.92 Å². The normalized spacial score (nSPS) is 10.1. The first-order valence-electron chi connectivity index (χ1n) is 9.47. The van der Waals surface area contributed by atoms with E-state index < -0.39 is 18.5 Å². The van der Waals surface area contributed by atoms with E-state index in [1.807, 2.05) is 6.07 Å². The molecule has 7 nitrogen and oxygen atoms in total. The molecule has 0 saturated carbocycles. The quantitative estimate of drug-likeness (QED) is 0.452. The summed E-state index contributed by atoms with van der Waals surface area (Å²) in [5.74, 6) is -1.71. The van der Waals surface area contributed by atoms with Crippen LogP contribution in [0.3, 0.4) is 0 Å². The van der Waals surface area contributed by atoms with Crippen LogP contribution in [-0.2, 0) is 14.3 Å². The maximum absolute atomic E-state index is 12.7. The average molecular weight is 416 g/mol. The Hall–Kier alpha value is -4.26. The summed E-state index contributed by atoms with van der Waals surface area (Å²) in [6.45, 7) is 0.868. The number of anilines is 2. The molecule has 0 atom stereocenters. The number of rotatable bonds is 7. The third kappa shape index (κ3) is 5.86. The number of nitrogens with one attached hydrogen (secondary N) is 2. The predicted octanol–water partition coefficient (Wildman–Crippen LogP) is 3.67. The van der Waals surface area contributed by atoms with Gasteiger partial charge in [-0.15, -0.1) is 0 Å². The molecule has 2 amide bonds. The number of benzene rings is 3. The van der Waals surface area contributed by atoms with Crippen molar-refractivity contribution in [3.63, 3.8) is 0 Å². The number of ketones is 1. The van der Waals surface area contributed by atoms with E-state index in [1.165, 1.54) is 19.1 Å². The first kappa shape index (κ1) is 21.4. The zero-order valence-corrected chi connectivity index (χ0v) is 16.8. The Kier molecular flexibility index (Phi) is 6.90. The van der Waals surface area contributed by atoms with E-state index in [0.29, 0.717) is 22.5 Å². The molecule has 0 spiro atoms. The van der Waals surface area contributed by atoms with Crippen molar-refractivity contribution < 1.29 is 23.9 Å². The Morgan fingerprint density at radius 2 is 1.39 bits per heavy atom. The van der Waals surface area contributed by atoms with Crippen LogP contribution in [0.25, 0.3) is 0 Å². The molecule has 0 fully saturated rings. The van der Waals surface area contributed by atoms with Gasteiger partial charge in [-0.25, -0.2) is 4.79 Å². The lowest BCUT2D eigenvalue weighted by Gasteiger charge is -2.11. The Balaban J connectivity index is 1.61. The van der Waals surface area contributed by atoms with Crippen LogP contribution >= 0.6 is 0 Å². The lowest BCUT2D eigenvalue weighted by Crippen LogP contribution is -2.22. The van der Waals surface area contributed by atoms with Gasteiger partial charge in [0, 0.05) is 23.7 Å². The van der Waals surface area contributed by atoms with Gasteiger partial charge < -0.3 is 15.4 Å². The molecule has 0 radical (unpaired) electrons. The molecule has 3 aromatic carbocycles. The first-order valence-corrected chi connectivity index (χ1v) is 9.47. The minimum atomic E-state index is -0.682. The number of ether oxygens (including phenoxy) is 1. The van der Waals surface area contributed by atoms with Crippen molar-refractivity contribution in [1.82, 2.24) is 0 Å². The van der Waals surface area contributed by atoms with Crippen LogP contribution in [0.15, 0.2) is 78.9 Å². The van der Waals surface area contributed by atoms with Crippen LogP contribution in [0.4, 0.5) is 11.4 Å². The SMILES string of the molecule is CC(=O)Nc1ccc(C(=O)OCC(=O)Nc2ccccc2C(=O)c2ccccc2)cc1. The van der Waals surface area contributed by atoms with E-state index in [0.717, 1.165) is 0 Å². The molecule has 7 heteroatoms. The predicted molar refractivity (Wildman–Crippen MR) is 116 cm³/mol. The van der Waals surface area contributed by atoms with Crippen LogP contribution in [-0.4, -0.2) is 30.2 Å². The number of amides is 2. The van der Waals surface area contributed by atoms with Gasteiger partial charge in [0.1, 0.15) is 0 Å². The molecular weight excluding hydrogens is 396 g/mol. The number of para-hydroxylation sites is 1. The van der Waals surface area contributed by atoms with Crippen molar-refractivity contribution in [2.75, 3.05) is 17.2 Å². The standard InChI is InChI=1S/C24H20N2O5/c1-16(27)25-19-13-11-18(12-14-19)24(30)31-15-22(28)26-21-10-6-5-9-20(21)23(29)17-7-3-2-4-8-17/h2-14H,15H2,1H3,(H,25,27)(H,26,28). The molecule has 0 aliphatic carbocycles. The molecule has 2 N–H and O–H groups in total. The molecule has 3 aromatic rings. The Bertz CT molecular complexity index is 1110. The Morgan fingerprint density at radius 3 is 2.06 bits per heavy atom. The number of hydrogen-bond acceptors (Lipinski definition) is 5. The van der Waals surface area contributed by atoms with E-state index >= 15 is 0 Å². The van der Waals surface area contributed by atoms with Gasteiger partial charge >= 0.3 is 5.97 Å². The fourth-order valence-electron chi connectivity index (χ4n) is 2.83. The Morgan fingerprint density at radius 1 is 0.742 bits per heavy atom. The van der Waals surface area contributed by atoms with Crippen molar-refractivity contribution >= 4 is 34.9 Å². The summed E-state index contributed by atoms with van der Waals surface area (Å²) in [4.78, 5) is 48.2. The largest absolute Gasteiger partial charge is 0.452 e. The second-order valence-electron chi connectivity index (χ2n) is 6.62. The summed E-state index contributed by atoms with van der Waals surface area (Å²) in [5.41, 5.74) is 1.94. The lowest BCUT2D eigenvalue weighted by molar-refractivity contribution is -0.119. The van der Waals surface area contributed by atoms with Crippen LogP contribution in [0.2, 0.25) is 0 Å². The molecule has 0 bridgehead atoms. The zero-order chi connectivity index (χ0) is 22.2. The molecule has 156 valence electrons. The van der Waals surface area contributed by atoms with Gasteiger partial charge in [-0.3, -0.25) is 14.4 Å². The first-order chi connectivity index (χ1) is 14.9. The highest BCUT2D eigenvalue weighted by molar-refractivity contribution is 6.14. The molecule has 0 aliphatic rings. The molecule has 0 saturated heterocycles. The number of esters is 1. The molecule has 0 aromatic heterocycles. The molecule has 0 aliphatic heterocycles. The molecule has 0 unspecified atom stereocenters. The van der Waals surface area contributed by atoms with E-state index in [-0.39, 0.29) is 17.3 Å². The Labute approximate surface area is 179 Å². The third-order valence-electron chi connectivity index (χ3n) is 4.26. The highest BCUT2D eigenvalue weighted by atomic mass is 16.5. The lowest BCUT2D eigenvalue weighted by atomic mass is 10.0. The summed E-state index contributed by atoms with van der Waals surface area (Å²) < 4.78 is 5.04. The highest BCUT2D eigenvalue weighted by Gasteiger charge is 2.16. The fraction of sp³-hybridized carbons (Fsp3) is 0.0833. The summed E-state index contributed by atoms with van der Waals surface area (Å²) in [5, 5.41) is 5.21. The van der Waals surface area contributed by atoms with Crippen molar-refractivity contribution in [1.29, 1.82) is 0 Å². The summed E-state index contributed by atoms with van der Waals surface area (Å²) in [7, 11) is 0. The van der Waals surface area contributed by atoms with Gasteiger partial charge in [0.15, 0.2) is 12.4 Å². The summed E-state index contributed by atoms with van der Waals surface area (Å²) >= 11 is 0. The van der Waals surface area contributed by atoms with Crippen molar-refractivity contribution in [3.8, 4) is 0 Å². The summed E-state index contributed by atoms with van der Waals surface area (Å²) in [6.07, 6.45) is 0. The van der Waals surface area contributed by atoms with Gasteiger partial charge in [0.25, 0.3) is 5.91 Å². The minimum absolute atomic E-state index is 0.224. The molecule has 3 rings (SSSR count). The average Bonchev–Trinajstić information content (AvgIpc) is 2.78. The zero-order valence-electron chi connectivity index (χ0n) is 16.8. The van der Waals surface area contributed by atoms with Gasteiger partial charge in [-0.2, -0.15) is 0 Å². The third-order valence-corrected chi connectivity index (χ3v) is 4.26. The topological polar surface area (TPSA) is 102 Å². The monoisotopic (exact) mass is 416 g/mol. The van der Waals surface area contributed by atoms with Crippen LogP contribution < -0.4 is 10.6 Å². The van der Waals surface area contributed by atoms with Gasteiger partial charge in [0.2, 0.25) is 5.91 Å². The van der Waals surface area contributed by atoms with E-state index in [1.54, 1.807) is 60.7 Å². The van der Waals surface area contributed by atoms with Gasteiger partial charge in [-0.1, -0.05) is 42.5 Å². The van der Waals surface area contributed by atoms with Crippen LogP contribution in [0.5, 0.6) is 0 Å². The smallest absolute Gasteiger partial charge is 0.338 e. The van der Waals surface area contributed by atoms with E-state index in [2.05, 4.69) is 10.6 Å². The fourth-order valence-corrected chi connectivity index (χ4v) is 2.83. The molecule has 31 heavy (non-hydrogen) atoms. The minimum Gasteiger partial charge on any atom is -0.452 e. The maximum Gasteiger partial charge on any atom is 0.338 e. The molecular formula is C24H20N2O5. The van der Waals surface area contributed by atoms with Gasteiger partial charge in [-0.05, 0) is 36.4 Å². The highest BCUT2D eigenvalue weighted by Crippen LogP contribution is 2.19. The summed E-state index contributed by atoms with van der Waals surface area (Å²) in [6, 6.07) is 21.4.